The van der Waals surface area contributed by atoms with Crippen molar-refractivity contribution in [2.75, 3.05) is 13.1 Å². The first kappa shape index (κ1) is 17.1. The molecule has 6 nitrogen and oxygen atoms in total. The van der Waals surface area contributed by atoms with E-state index in [1.165, 1.54) is 20.8 Å². The Bertz CT molecular complexity index is 1100. The van der Waals surface area contributed by atoms with Gasteiger partial charge in [-0.1, -0.05) is 29.4 Å². The average Bonchev–Trinajstić information content (AvgIpc) is 3.13. The van der Waals surface area contributed by atoms with Crippen LogP contribution in [0.2, 0.25) is 0 Å². The molecular weight excluding hydrogens is 350 g/mol. The van der Waals surface area contributed by atoms with Crippen LogP contribution in [0.25, 0.3) is 16.5 Å². The highest BCUT2D eigenvalue weighted by Crippen LogP contribution is 2.34. The van der Waals surface area contributed by atoms with E-state index in [0.29, 0.717) is 31.0 Å². The van der Waals surface area contributed by atoms with Gasteiger partial charge in [-0.3, -0.25) is 0 Å². The molecule has 1 aromatic carbocycles. The van der Waals surface area contributed by atoms with E-state index < -0.39 is 10.0 Å². The highest BCUT2D eigenvalue weighted by Gasteiger charge is 2.32. The third-order valence-corrected chi connectivity index (χ3v) is 7.06. The minimum atomic E-state index is -3.60. The normalized spacial score (nSPS) is 16.2. The number of H-pyrrole nitrogens is 1. The van der Waals surface area contributed by atoms with Gasteiger partial charge >= 0.3 is 0 Å². The number of nitrogens with zero attached hydrogens (tertiary/aromatic N) is 2. The maximum absolute atomic E-state index is 13.0. The summed E-state index contributed by atoms with van der Waals surface area (Å²) in [5.41, 5.74) is 5.00. The molecule has 0 unspecified atom stereocenters. The first-order chi connectivity index (χ1) is 12.4. The van der Waals surface area contributed by atoms with Crippen molar-refractivity contribution in [2.24, 2.45) is 0 Å². The van der Waals surface area contributed by atoms with E-state index in [-0.39, 0.29) is 4.90 Å². The Labute approximate surface area is 152 Å². The molecule has 0 amide bonds. The Morgan fingerprint density at radius 3 is 2.62 bits per heavy atom. The van der Waals surface area contributed by atoms with Gasteiger partial charge in [0.15, 0.2) is 5.76 Å². The number of fused-ring (bicyclic) bond motifs is 1. The maximum Gasteiger partial charge on any atom is 0.248 e. The summed E-state index contributed by atoms with van der Waals surface area (Å²) in [4.78, 5) is 3.60. The minimum Gasteiger partial charge on any atom is -0.360 e. The fourth-order valence-electron chi connectivity index (χ4n) is 3.76. The topological polar surface area (TPSA) is 79.2 Å². The summed E-state index contributed by atoms with van der Waals surface area (Å²) >= 11 is 0. The van der Waals surface area contributed by atoms with Crippen molar-refractivity contribution in [1.29, 1.82) is 0 Å². The number of para-hydroxylation sites is 1. The Balaban J connectivity index is 1.68. The lowest BCUT2D eigenvalue weighted by Crippen LogP contribution is -2.35. The van der Waals surface area contributed by atoms with Gasteiger partial charge in [0.1, 0.15) is 10.6 Å². The van der Waals surface area contributed by atoms with Gasteiger partial charge in [0.2, 0.25) is 10.0 Å². The number of nitrogens with one attached hydrogen (secondary N) is 1. The minimum absolute atomic E-state index is 0.192. The highest BCUT2D eigenvalue weighted by molar-refractivity contribution is 7.89. The zero-order valence-electron chi connectivity index (χ0n) is 15.0. The van der Waals surface area contributed by atoms with Gasteiger partial charge < -0.3 is 9.51 Å². The molecule has 0 saturated carbocycles. The van der Waals surface area contributed by atoms with Gasteiger partial charge in [-0.05, 0) is 38.8 Å². The van der Waals surface area contributed by atoms with Gasteiger partial charge in [0.05, 0.1) is 0 Å². The molecular formula is C19H21N3O3S. The molecule has 0 saturated heterocycles. The molecule has 0 bridgehead atoms. The molecule has 0 fully saturated rings. The molecule has 0 aliphatic carbocycles. The van der Waals surface area contributed by atoms with Crippen LogP contribution in [-0.2, 0) is 10.0 Å². The monoisotopic (exact) mass is 371 g/mol. The second kappa shape index (κ2) is 6.10. The van der Waals surface area contributed by atoms with Crippen LogP contribution in [0.3, 0.4) is 0 Å². The van der Waals surface area contributed by atoms with E-state index in [1.54, 1.807) is 13.8 Å². The molecule has 1 aliphatic rings. The predicted molar refractivity (Wildman–Crippen MR) is 100 cm³/mol. The van der Waals surface area contributed by atoms with E-state index in [0.717, 1.165) is 11.2 Å². The van der Waals surface area contributed by atoms with E-state index >= 15 is 0 Å². The lowest BCUT2D eigenvalue weighted by molar-refractivity contribution is 0.389. The van der Waals surface area contributed by atoms with Gasteiger partial charge in [0, 0.05) is 35.2 Å². The van der Waals surface area contributed by atoms with Crippen molar-refractivity contribution in [1.82, 2.24) is 14.4 Å². The number of benzene rings is 1. The van der Waals surface area contributed by atoms with Crippen LogP contribution in [0.1, 0.15) is 29.1 Å². The number of sulfonamides is 1. The Kier molecular flexibility index (Phi) is 4.00. The van der Waals surface area contributed by atoms with Crippen LogP contribution in [0, 0.1) is 20.8 Å². The SMILES string of the molecule is Cc1noc(C)c1S(=O)(=O)N1CC=C(c2c(C)[nH]c3ccccc23)CC1. The van der Waals surface area contributed by atoms with Gasteiger partial charge in [-0.15, -0.1) is 0 Å². The summed E-state index contributed by atoms with van der Waals surface area (Å²) in [5.74, 6) is 0.338. The number of aromatic amines is 1. The Morgan fingerprint density at radius 1 is 1.19 bits per heavy atom. The largest absolute Gasteiger partial charge is 0.360 e. The predicted octanol–water partition coefficient (Wildman–Crippen LogP) is 3.56. The Morgan fingerprint density at radius 2 is 1.96 bits per heavy atom. The number of aryl methyl sites for hydroxylation is 3. The van der Waals surface area contributed by atoms with E-state index in [2.05, 4.69) is 29.2 Å². The second-order valence-corrected chi connectivity index (χ2v) is 8.54. The standard InChI is InChI=1S/C19H21N3O3S/c1-12-18(16-6-4-5-7-17(16)20-12)15-8-10-22(11-9-15)26(23,24)19-13(2)21-25-14(19)3/h4-8,20H,9-11H2,1-3H3. The van der Waals surface area contributed by atoms with Crippen LogP contribution in [-0.4, -0.2) is 36.0 Å². The van der Waals surface area contributed by atoms with Gasteiger partial charge in [-0.2, -0.15) is 4.31 Å². The third-order valence-electron chi connectivity index (χ3n) is 4.95. The van der Waals surface area contributed by atoms with Crippen LogP contribution in [0.15, 0.2) is 39.8 Å². The summed E-state index contributed by atoms with van der Waals surface area (Å²) in [5, 5.41) is 4.96. The first-order valence-electron chi connectivity index (χ1n) is 8.59. The lowest BCUT2D eigenvalue weighted by atomic mass is 9.97. The van der Waals surface area contributed by atoms with Crippen LogP contribution >= 0.6 is 0 Å². The highest BCUT2D eigenvalue weighted by atomic mass is 32.2. The first-order valence-corrected chi connectivity index (χ1v) is 10.0. The summed E-state index contributed by atoms with van der Waals surface area (Å²) in [6, 6.07) is 8.19. The molecule has 1 aliphatic heterocycles. The average molecular weight is 371 g/mol. The van der Waals surface area contributed by atoms with Crippen molar-refractivity contribution in [3.63, 3.8) is 0 Å². The molecule has 0 spiro atoms. The number of hydrogen-bond acceptors (Lipinski definition) is 4. The summed E-state index contributed by atoms with van der Waals surface area (Å²) in [6.07, 6.45) is 2.69. The number of hydrogen-bond donors (Lipinski definition) is 1. The molecule has 4 rings (SSSR count). The fraction of sp³-hybridized carbons (Fsp3) is 0.316. The van der Waals surface area contributed by atoms with Crippen molar-refractivity contribution in [3.8, 4) is 0 Å². The Hall–Kier alpha value is -2.38. The maximum atomic E-state index is 13.0. The second-order valence-electron chi connectivity index (χ2n) is 6.67. The van der Waals surface area contributed by atoms with Gasteiger partial charge in [-0.25, -0.2) is 8.42 Å². The molecule has 1 N–H and O–H groups in total. The molecule has 0 atom stereocenters. The van der Waals surface area contributed by atoms with Crippen LogP contribution < -0.4 is 0 Å². The third kappa shape index (κ3) is 2.59. The van der Waals surface area contributed by atoms with Crippen molar-refractivity contribution < 1.29 is 12.9 Å². The molecule has 3 heterocycles. The van der Waals surface area contributed by atoms with Gasteiger partial charge in [0.25, 0.3) is 0 Å². The lowest BCUT2D eigenvalue weighted by Gasteiger charge is -2.26. The number of rotatable bonds is 3. The van der Waals surface area contributed by atoms with Crippen molar-refractivity contribution in [2.45, 2.75) is 32.1 Å². The fourth-order valence-corrected chi connectivity index (χ4v) is 5.43. The van der Waals surface area contributed by atoms with E-state index in [1.807, 2.05) is 18.2 Å². The van der Waals surface area contributed by atoms with Crippen molar-refractivity contribution >= 4 is 26.5 Å². The number of aromatic nitrogens is 2. The van der Waals surface area contributed by atoms with Crippen molar-refractivity contribution in [3.05, 3.63) is 53.1 Å². The zero-order chi connectivity index (χ0) is 18.5. The molecule has 2 aromatic heterocycles. The summed E-state index contributed by atoms with van der Waals surface area (Å²) in [7, 11) is -3.60. The smallest absolute Gasteiger partial charge is 0.248 e. The molecule has 7 heteroatoms. The molecule has 3 aromatic rings. The van der Waals surface area contributed by atoms with Crippen LogP contribution in [0.5, 0.6) is 0 Å². The molecule has 136 valence electrons. The zero-order valence-corrected chi connectivity index (χ0v) is 15.9. The molecule has 26 heavy (non-hydrogen) atoms. The summed E-state index contributed by atoms with van der Waals surface area (Å²) < 4.78 is 32.4. The quantitative estimate of drug-likeness (QED) is 0.763. The molecule has 0 radical (unpaired) electrons. The van der Waals surface area contributed by atoms with E-state index in [9.17, 15) is 8.42 Å². The van der Waals surface area contributed by atoms with E-state index in [4.69, 9.17) is 4.52 Å². The summed E-state index contributed by atoms with van der Waals surface area (Å²) in [6.45, 7) is 6.14. The van der Waals surface area contributed by atoms with Crippen LogP contribution in [0.4, 0.5) is 0 Å².